The number of thioether (sulfide) groups is 1. The first-order valence-corrected chi connectivity index (χ1v) is 9.64. The Balaban J connectivity index is 1.64. The Morgan fingerprint density at radius 3 is 2.63 bits per heavy atom. The lowest BCUT2D eigenvalue weighted by Crippen LogP contribution is -2.22. The number of aromatic nitrogens is 2. The highest BCUT2D eigenvalue weighted by molar-refractivity contribution is 8.00. The number of H-pyrrole nitrogens is 1. The minimum Gasteiger partial charge on any atom is -0.495 e. The van der Waals surface area contributed by atoms with Crippen molar-refractivity contribution in [3.8, 4) is 5.75 Å². The molecule has 0 radical (unpaired) electrons. The molecular formula is C21H23N3O2S. The number of nitrogens with zero attached hydrogens (tertiary/aromatic N) is 1. The van der Waals surface area contributed by atoms with Crippen LogP contribution in [0.15, 0.2) is 59.8 Å². The molecule has 0 aliphatic rings. The summed E-state index contributed by atoms with van der Waals surface area (Å²) in [6, 6.07) is 17.6. The molecule has 2 aromatic carbocycles. The van der Waals surface area contributed by atoms with Gasteiger partial charge in [-0.25, -0.2) is 4.98 Å². The Morgan fingerprint density at radius 2 is 1.89 bits per heavy atom. The van der Waals surface area contributed by atoms with E-state index < -0.39 is 0 Å². The summed E-state index contributed by atoms with van der Waals surface area (Å²) in [6.07, 6.45) is 0.769. The summed E-state index contributed by atoms with van der Waals surface area (Å²) >= 11 is 1.41. The summed E-state index contributed by atoms with van der Waals surface area (Å²) in [5, 5.41) is 3.37. The van der Waals surface area contributed by atoms with Crippen molar-refractivity contribution in [2.45, 2.75) is 30.7 Å². The highest BCUT2D eigenvalue weighted by Gasteiger charge is 2.18. The molecule has 1 aromatic heterocycles. The second kappa shape index (κ2) is 8.77. The number of para-hydroxylation sites is 2. The summed E-state index contributed by atoms with van der Waals surface area (Å²) in [7, 11) is 1.59. The molecule has 1 amide bonds. The Labute approximate surface area is 163 Å². The number of hydrogen-bond acceptors (Lipinski definition) is 4. The van der Waals surface area contributed by atoms with Crippen LogP contribution in [0.25, 0.3) is 0 Å². The average Bonchev–Trinajstić information content (AvgIpc) is 3.01. The van der Waals surface area contributed by atoms with Gasteiger partial charge in [0, 0.05) is 12.1 Å². The predicted octanol–water partition coefficient (Wildman–Crippen LogP) is 4.44. The fourth-order valence-electron chi connectivity index (χ4n) is 2.69. The number of carbonyl (C=O) groups excluding carboxylic acids is 1. The van der Waals surface area contributed by atoms with E-state index in [0.717, 1.165) is 23.0 Å². The van der Waals surface area contributed by atoms with Gasteiger partial charge in [-0.15, -0.1) is 0 Å². The van der Waals surface area contributed by atoms with Crippen LogP contribution in [0.5, 0.6) is 5.75 Å². The highest BCUT2D eigenvalue weighted by Crippen LogP contribution is 2.27. The SMILES string of the molecule is COc1ccccc1NC(=O)[C@H](C)Sc1nc(Cc2ccccc2)c(C)[nH]1. The van der Waals surface area contributed by atoms with E-state index in [2.05, 4.69) is 27.4 Å². The van der Waals surface area contributed by atoms with Crippen LogP contribution in [0.4, 0.5) is 5.69 Å². The van der Waals surface area contributed by atoms with Crippen molar-refractivity contribution in [1.29, 1.82) is 0 Å². The second-order valence-corrected chi connectivity index (χ2v) is 7.56. The quantitative estimate of drug-likeness (QED) is 0.594. The van der Waals surface area contributed by atoms with Gasteiger partial charge in [-0.2, -0.15) is 0 Å². The van der Waals surface area contributed by atoms with Gasteiger partial charge in [0.1, 0.15) is 5.75 Å². The Morgan fingerprint density at radius 1 is 1.19 bits per heavy atom. The summed E-state index contributed by atoms with van der Waals surface area (Å²) < 4.78 is 5.28. The molecule has 0 saturated heterocycles. The molecule has 0 spiro atoms. The van der Waals surface area contributed by atoms with Crippen LogP contribution in [0.2, 0.25) is 0 Å². The molecule has 0 fully saturated rings. The Kier molecular flexibility index (Phi) is 6.19. The summed E-state index contributed by atoms with van der Waals surface area (Å²) in [4.78, 5) is 20.5. The van der Waals surface area contributed by atoms with Gasteiger partial charge in [0.2, 0.25) is 5.91 Å². The fourth-order valence-corrected chi connectivity index (χ4v) is 3.56. The third-order valence-electron chi connectivity index (χ3n) is 4.20. The number of rotatable bonds is 7. The number of carbonyl (C=O) groups is 1. The monoisotopic (exact) mass is 381 g/mol. The van der Waals surface area contributed by atoms with Crippen LogP contribution in [0, 0.1) is 6.92 Å². The minimum absolute atomic E-state index is 0.0943. The Bertz CT molecular complexity index is 909. The molecule has 3 aromatic rings. The zero-order valence-corrected chi connectivity index (χ0v) is 16.5. The maximum atomic E-state index is 12.5. The highest BCUT2D eigenvalue weighted by atomic mass is 32.2. The van der Waals surface area contributed by atoms with Crippen LogP contribution in [0.3, 0.4) is 0 Å². The zero-order valence-electron chi connectivity index (χ0n) is 15.7. The second-order valence-electron chi connectivity index (χ2n) is 6.23. The number of nitrogens with one attached hydrogen (secondary N) is 2. The van der Waals surface area contributed by atoms with E-state index >= 15 is 0 Å². The fraction of sp³-hybridized carbons (Fsp3) is 0.238. The lowest BCUT2D eigenvalue weighted by Gasteiger charge is -2.13. The summed E-state index contributed by atoms with van der Waals surface area (Å²) in [5.74, 6) is 0.546. The molecule has 140 valence electrons. The van der Waals surface area contributed by atoms with E-state index in [0.29, 0.717) is 11.4 Å². The number of methoxy groups -OCH3 is 1. The minimum atomic E-state index is -0.301. The molecule has 0 saturated carbocycles. The molecule has 2 N–H and O–H groups in total. The van der Waals surface area contributed by atoms with E-state index in [9.17, 15) is 4.79 Å². The topological polar surface area (TPSA) is 67.0 Å². The zero-order chi connectivity index (χ0) is 19.2. The van der Waals surface area contributed by atoms with Crippen molar-refractivity contribution in [1.82, 2.24) is 9.97 Å². The summed E-state index contributed by atoms with van der Waals surface area (Å²) in [5.41, 5.74) is 3.91. The lowest BCUT2D eigenvalue weighted by atomic mass is 10.1. The molecule has 0 aliphatic heterocycles. The third-order valence-corrected chi connectivity index (χ3v) is 5.18. The molecule has 27 heavy (non-hydrogen) atoms. The molecule has 0 aliphatic carbocycles. The number of benzene rings is 2. The van der Waals surface area contributed by atoms with E-state index in [1.165, 1.54) is 17.3 Å². The molecular weight excluding hydrogens is 358 g/mol. The number of hydrogen-bond donors (Lipinski definition) is 2. The smallest absolute Gasteiger partial charge is 0.237 e. The predicted molar refractivity (Wildman–Crippen MR) is 110 cm³/mol. The molecule has 0 unspecified atom stereocenters. The van der Waals surface area contributed by atoms with Gasteiger partial charge in [0.15, 0.2) is 5.16 Å². The van der Waals surface area contributed by atoms with Crippen molar-refractivity contribution in [3.05, 3.63) is 71.5 Å². The van der Waals surface area contributed by atoms with E-state index in [4.69, 9.17) is 4.74 Å². The first-order valence-electron chi connectivity index (χ1n) is 8.76. The van der Waals surface area contributed by atoms with Gasteiger partial charge in [-0.3, -0.25) is 4.79 Å². The standard InChI is InChI=1S/C21H23N3O2S/c1-14-18(13-16-9-5-4-6-10-16)24-21(22-14)27-15(2)20(25)23-17-11-7-8-12-19(17)26-3/h4-12,15H,13H2,1-3H3,(H,22,24)(H,23,25)/t15-/m0/s1. The van der Waals surface area contributed by atoms with Gasteiger partial charge in [0.25, 0.3) is 0 Å². The number of aryl methyl sites for hydroxylation is 1. The van der Waals surface area contributed by atoms with Crippen molar-refractivity contribution < 1.29 is 9.53 Å². The van der Waals surface area contributed by atoms with Gasteiger partial charge < -0.3 is 15.0 Å². The first-order chi connectivity index (χ1) is 13.1. The van der Waals surface area contributed by atoms with Crippen LogP contribution < -0.4 is 10.1 Å². The molecule has 6 heteroatoms. The lowest BCUT2D eigenvalue weighted by molar-refractivity contribution is -0.115. The molecule has 0 bridgehead atoms. The van der Waals surface area contributed by atoms with Gasteiger partial charge in [-0.1, -0.05) is 54.2 Å². The van der Waals surface area contributed by atoms with Crippen molar-refractivity contribution in [3.63, 3.8) is 0 Å². The molecule has 1 atom stereocenters. The number of imidazole rings is 1. The van der Waals surface area contributed by atoms with E-state index in [1.807, 2.05) is 56.3 Å². The first kappa shape index (κ1) is 19.0. The summed E-state index contributed by atoms with van der Waals surface area (Å²) in [6.45, 7) is 3.87. The number of anilines is 1. The number of amides is 1. The molecule has 5 nitrogen and oxygen atoms in total. The van der Waals surface area contributed by atoms with E-state index in [1.54, 1.807) is 7.11 Å². The maximum absolute atomic E-state index is 12.5. The van der Waals surface area contributed by atoms with Crippen molar-refractivity contribution in [2.75, 3.05) is 12.4 Å². The average molecular weight is 382 g/mol. The molecule has 1 heterocycles. The third kappa shape index (κ3) is 4.92. The maximum Gasteiger partial charge on any atom is 0.237 e. The normalized spacial score (nSPS) is 11.8. The largest absolute Gasteiger partial charge is 0.495 e. The van der Waals surface area contributed by atoms with Crippen LogP contribution in [-0.4, -0.2) is 28.2 Å². The van der Waals surface area contributed by atoms with Gasteiger partial charge in [-0.05, 0) is 31.5 Å². The Hall–Kier alpha value is -2.73. The van der Waals surface area contributed by atoms with Crippen LogP contribution in [-0.2, 0) is 11.2 Å². The van der Waals surface area contributed by atoms with Crippen molar-refractivity contribution >= 4 is 23.4 Å². The number of ether oxygens (including phenoxy) is 1. The van der Waals surface area contributed by atoms with Crippen LogP contribution >= 0.6 is 11.8 Å². The van der Waals surface area contributed by atoms with Gasteiger partial charge >= 0.3 is 0 Å². The van der Waals surface area contributed by atoms with E-state index in [-0.39, 0.29) is 11.2 Å². The van der Waals surface area contributed by atoms with Crippen molar-refractivity contribution in [2.24, 2.45) is 0 Å². The van der Waals surface area contributed by atoms with Gasteiger partial charge in [0.05, 0.1) is 23.7 Å². The number of aromatic amines is 1. The van der Waals surface area contributed by atoms with Crippen LogP contribution in [0.1, 0.15) is 23.9 Å². The molecule has 3 rings (SSSR count).